The van der Waals surface area contributed by atoms with Crippen molar-refractivity contribution in [3.8, 4) is 0 Å². The number of aromatic nitrogens is 2. The van der Waals surface area contributed by atoms with E-state index in [0.717, 1.165) is 18.7 Å². The lowest BCUT2D eigenvalue weighted by molar-refractivity contribution is -0.0224. The van der Waals surface area contributed by atoms with Crippen molar-refractivity contribution in [1.29, 1.82) is 0 Å². The minimum absolute atomic E-state index is 0.0363. The van der Waals surface area contributed by atoms with Gasteiger partial charge >= 0.3 is 0 Å². The highest BCUT2D eigenvalue weighted by atomic mass is 79.9. The third kappa shape index (κ3) is 2.77. The summed E-state index contributed by atoms with van der Waals surface area (Å²) in [5.41, 5.74) is -0.104. The number of rotatable bonds is 2. The molecule has 0 aliphatic carbocycles. The fraction of sp³-hybridized carbons (Fsp3) is 0.667. The first-order valence-corrected chi connectivity index (χ1v) is 6.58. The van der Waals surface area contributed by atoms with Crippen molar-refractivity contribution in [3.63, 3.8) is 0 Å². The minimum atomic E-state index is -0.0678. The fourth-order valence-corrected chi connectivity index (χ4v) is 2.49. The van der Waals surface area contributed by atoms with Crippen molar-refractivity contribution in [2.24, 2.45) is 0 Å². The summed E-state index contributed by atoms with van der Waals surface area (Å²) in [4.78, 5) is 16.1. The van der Waals surface area contributed by atoms with Crippen LogP contribution in [0.1, 0.15) is 32.5 Å². The Morgan fingerprint density at radius 2 is 2.35 bits per heavy atom. The molecule has 1 atom stereocenters. The number of hydrogen-bond donors (Lipinski definition) is 0. The van der Waals surface area contributed by atoms with Crippen molar-refractivity contribution in [1.82, 2.24) is 9.55 Å². The Labute approximate surface area is 109 Å². The van der Waals surface area contributed by atoms with E-state index < -0.39 is 0 Å². The number of nitrogens with zero attached hydrogens (tertiary/aromatic N) is 2. The van der Waals surface area contributed by atoms with Gasteiger partial charge in [0.15, 0.2) is 0 Å². The van der Waals surface area contributed by atoms with Gasteiger partial charge in [-0.15, -0.1) is 0 Å². The van der Waals surface area contributed by atoms with Crippen molar-refractivity contribution in [2.45, 2.75) is 51.9 Å². The molecule has 1 saturated heterocycles. The van der Waals surface area contributed by atoms with E-state index in [1.54, 1.807) is 10.8 Å². The highest BCUT2D eigenvalue weighted by Crippen LogP contribution is 2.29. The maximum absolute atomic E-state index is 12.0. The van der Waals surface area contributed by atoms with Gasteiger partial charge in [-0.1, -0.05) is 0 Å². The summed E-state index contributed by atoms with van der Waals surface area (Å²) in [6, 6.07) is 0. The fourth-order valence-electron chi connectivity index (χ4n) is 2.18. The Balaban J connectivity index is 2.20. The lowest BCUT2D eigenvalue weighted by Crippen LogP contribution is -2.30. The number of ether oxygens (including phenoxy) is 1. The third-order valence-corrected chi connectivity index (χ3v) is 3.69. The van der Waals surface area contributed by atoms with Crippen LogP contribution in [0.25, 0.3) is 0 Å². The van der Waals surface area contributed by atoms with Gasteiger partial charge in [0.1, 0.15) is 10.3 Å². The highest BCUT2D eigenvalue weighted by Gasteiger charge is 2.32. The first kappa shape index (κ1) is 12.8. The zero-order valence-electron chi connectivity index (χ0n) is 10.4. The van der Waals surface area contributed by atoms with Crippen LogP contribution in [0.3, 0.4) is 0 Å². The predicted octanol–water partition coefficient (Wildman–Crippen LogP) is 2.27. The van der Waals surface area contributed by atoms with E-state index in [2.05, 4.69) is 34.8 Å². The van der Waals surface area contributed by atoms with Gasteiger partial charge in [0.05, 0.1) is 18.2 Å². The molecule has 17 heavy (non-hydrogen) atoms. The average Bonchev–Trinajstić information content (AvgIpc) is 2.59. The molecule has 5 heteroatoms. The monoisotopic (exact) mass is 300 g/mol. The highest BCUT2D eigenvalue weighted by molar-refractivity contribution is 9.10. The van der Waals surface area contributed by atoms with Gasteiger partial charge in [0.2, 0.25) is 0 Å². The molecule has 1 aromatic heterocycles. The van der Waals surface area contributed by atoms with E-state index in [-0.39, 0.29) is 17.3 Å². The van der Waals surface area contributed by atoms with Gasteiger partial charge < -0.3 is 4.74 Å². The molecule has 0 aromatic carbocycles. The van der Waals surface area contributed by atoms with Crippen molar-refractivity contribution >= 4 is 15.9 Å². The van der Waals surface area contributed by atoms with Crippen molar-refractivity contribution in [3.05, 3.63) is 26.8 Å². The van der Waals surface area contributed by atoms with Crippen LogP contribution >= 0.6 is 15.9 Å². The molecular weight excluding hydrogens is 284 g/mol. The molecule has 1 unspecified atom stereocenters. The molecule has 1 aliphatic rings. The van der Waals surface area contributed by atoms with Crippen molar-refractivity contribution in [2.75, 3.05) is 0 Å². The largest absolute Gasteiger partial charge is 0.370 e. The number of halogens is 1. The van der Waals surface area contributed by atoms with Gasteiger partial charge in [0, 0.05) is 6.20 Å². The van der Waals surface area contributed by atoms with E-state index in [4.69, 9.17) is 4.74 Å². The van der Waals surface area contributed by atoms with Crippen LogP contribution in [-0.2, 0) is 11.3 Å². The SMILES string of the molecule is Cc1ncc(Br)c(=O)n1CC1CCC(C)(C)O1. The molecule has 1 aromatic rings. The standard InChI is InChI=1S/C12H17BrN2O2/c1-8-14-6-10(13)11(16)15(8)7-9-4-5-12(2,3)17-9/h6,9H,4-5,7H2,1-3H3. The van der Waals surface area contributed by atoms with Gasteiger partial charge in [-0.2, -0.15) is 0 Å². The van der Waals surface area contributed by atoms with E-state index in [1.807, 2.05) is 6.92 Å². The molecule has 0 radical (unpaired) electrons. The Morgan fingerprint density at radius 3 is 2.94 bits per heavy atom. The Hall–Kier alpha value is -0.680. The summed E-state index contributed by atoms with van der Waals surface area (Å²) in [5, 5.41) is 0. The summed E-state index contributed by atoms with van der Waals surface area (Å²) in [7, 11) is 0. The third-order valence-electron chi connectivity index (χ3n) is 3.15. The summed E-state index contributed by atoms with van der Waals surface area (Å²) in [6.07, 6.45) is 3.68. The molecule has 0 saturated carbocycles. The van der Waals surface area contributed by atoms with E-state index in [1.165, 1.54) is 0 Å². The minimum Gasteiger partial charge on any atom is -0.370 e. The molecule has 2 heterocycles. The van der Waals surface area contributed by atoms with Crippen LogP contribution in [0.2, 0.25) is 0 Å². The first-order chi connectivity index (χ1) is 7.89. The van der Waals surface area contributed by atoms with Gasteiger partial charge in [-0.3, -0.25) is 9.36 Å². The summed E-state index contributed by atoms with van der Waals surface area (Å²) in [5.74, 6) is 0.728. The van der Waals surface area contributed by atoms with Gasteiger partial charge in [0.25, 0.3) is 5.56 Å². The second-order valence-corrected chi connectivity index (χ2v) is 5.96. The average molecular weight is 301 g/mol. The molecule has 1 aliphatic heterocycles. The summed E-state index contributed by atoms with van der Waals surface area (Å²) < 4.78 is 8.08. The second-order valence-electron chi connectivity index (χ2n) is 5.11. The lowest BCUT2D eigenvalue weighted by Gasteiger charge is -2.20. The molecule has 2 rings (SSSR count). The van der Waals surface area contributed by atoms with Crippen LogP contribution in [0, 0.1) is 6.92 Å². The molecule has 94 valence electrons. The quantitative estimate of drug-likeness (QED) is 0.841. The maximum atomic E-state index is 12.0. The van der Waals surface area contributed by atoms with Gasteiger partial charge in [-0.05, 0) is 49.5 Å². The van der Waals surface area contributed by atoms with Crippen LogP contribution in [0.5, 0.6) is 0 Å². The van der Waals surface area contributed by atoms with E-state index in [9.17, 15) is 4.79 Å². The maximum Gasteiger partial charge on any atom is 0.267 e. The normalized spacial score (nSPS) is 22.9. The van der Waals surface area contributed by atoms with Gasteiger partial charge in [-0.25, -0.2) is 4.98 Å². The van der Waals surface area contributed by atoms with E-state index in [0.29, 0.717) is 11.0 Å². The molecule has 1 fully saturated rings. The van der Waals surface area contributed by atoms with Crippen LogP contribution in [0.15, 0.2) is 15.5 Å². The Kier molecular flexibility index (Phi) is 3.41. The second kappa shape index (κ2) is 4.53. The lowest BCUT2D eigenvalue weighted by atomic mass is 10.1. The predicted molar refractivity (Wildman–Crippen MR) is 69.1 cm³/mol. The molecule has 0 amide bonds. The topological polar surface area (TPSA) is 44.1 Å². The zero-order chi connectivity index (χ0) is 12.6. The summed E-state index contributed by atoms with van der Waals surface area (Å²) in [6.45, 7) is 6.60. The van der Waals surface area contributed by atoms with Crippen LogP contribution in [0.4, 0.5) is 0 Å². The van der Waals surface area contributed by atoms with Crippen LogP contribution in [-0.4, -0.2) is 21.3 Å². The molecular formula is C12H17BrN2O2. The molecule has 0 N–H and O–H groups in total. The Bertz CT molecular complexity index is 482. The van der Waals surface area contributed by atoms with Crippen LogP contribution < -0.4 is 5.56 Å². The number of aryl methyl sites for hydroxylation is 1. The Morgan fingerprint density at radius 1 is 1.65 bits per heavy atom. The zero-order valence-corrected chi connectivity index (χ0v) is 12.0. The summed E-state index contributed by atoms with van der Waals surface area (Å²) >= 11 is 3.22. The molecule has 0 bridgehead atoms. The molecule has 4 nitrogen and oxygen atoms in total. The van der Waals surface area contributed by atoms with Crippen molar-refractivity contribution < 1.29 is 4.74 Å². The van der Waals surface area contributed by atoms with E-state index >= 15 is 0 Å². The number of hydrogen-bond acceptors (Lipinski definition) is 3. The smallest absolute Gasteiger partial charge is 0.267 e. The molecule has 0 spiro atoms. The first-order valence-electron chi connectivity index (χ1n) is 5.79.